The Hall–Kier alpha value is -2.65. The number of carbonyl (C=O) groups excluding carboxylic acids is 2. The fourth-order valence-electron chi connectivity index (χ4n) is 4.45. The van der Waals surface area contributed by atoms with Crippen molar-refractivity contribution in [1.82, 2.24) is 9.21 Å². The van der Waals surface area contributed by atoms with E-state index in [4.69, 9.17) is 4.42 Å². The molecule has 1 fully saturated rings. The third-order valence-electron chi connectivity index (χ3n) is 6.60. The lowest BCUT2D eigenvalue weighted by Gasteiger charge is -2.30. The number of sulfonamides is 1. The smallest absolute Gasteiger partial charge is 0.243 e. The van der Waals surface area contributed by atoms with Gasteiger partial charge >= 0.3 is 0 Å². The Labute approximate surface area is 195 Å². The molecule has 2 aliphatic heterocycles. The van der Waals surface area contributed by atoms with E-state index in [1.165, 1.54) is 17.6 Å². The minimum atomic E-state index is -3.69. The lowest BCUT2D eigenvalue weighted by atomic mass is 9.99. The van der Waals surface area contributed by atoms with Crippen LogP contribution in [0.5, 0.6) is 0 Å². The number of nitrogens with zero attached hydrogens (tertiary/aromatic N) is 3. The molecule has 1 aromatic heterocycles. The molecule has 3 heterocycles. The molecule has 8 nitrogen and oxygen atoms in total. The molecule has 33 heavy (non-hydrogen) atoms. The summed E-state index contributed by atoms with van der Waals surface area (Å²) in [6.45, 7) is 4.37. The molecule has 4 rings (SSSR count). The highest BCUT2D eigenvalue weighted by molar-refractivity contribution is 7.89. The van der Waals surface area contributed by atoms with Crippen LogP contribution in [-0.4, -0.2) is 56.1 Å². The van der Waals surface area contributed by atoms with Crippen LogP contribution in [0.2, 0.25) is 0 Å². The summed E-state index contributed by atoms with van der Waals surface area (Å²) in [7, 11) is -2.18. The van der Waals surface area contributed by atoms with E-state index in [9.17, 15) is 18.0 Å². The average Bonchev–Trinajstić information content (AvgIpc) is 3.47. The third kappa shape index (κ3) is 5.14. The van der Waals surface area contributed by atoms with Crippen LogP contribution < -0.4 is 4.90 Å². The van der Waals surface area contributed by atoms with Crippen LogP contribution in [0.15, 0.2) is 45.9 Å². The van der Waals surface area contributed by atoms with Gasteiger partial charge in [0.2, 0.25) is 21.8 Å². The van der Waals surface area contributed by atoms with Crippen molar-refractivity contribution < 1.29 is 22.4 Å². The summed E-state index contributed by atoms with van der Waals surface area (Å²) in [5.41, 5.74) is 1.55. The molecule has 0 unspecified atom stereocenters. The number of hydrogen-bond acceptors (Lipinski definition) is 5. The number of hydrogen-bond donors (Lipinski definition) is 0. The van der Waals surface area contributed by atoms with Crippen LogP contribution in [0.4, 0.5) is 5.69 Å². The number of anilines is 1. The Morgan fingerprint density at radius 1 is 1.09 bits per heavy atom. The van der Waals surface area contributed by atoms with E-state index in [0.29, 0.717) is 24.6 Å². The van der Waals surface area contributed by atoms with Gasteiger partial charge in [-0.25, -0.2) is 8.42 Å². The van der Waals surface area contributed by atoms with Crippen molar-refractivity contribution in [2.24, 2.45) is 5.92 Å². The fraction of sp³-hybridized carbons (Fsp3) is 0.500. The van der Waals surface area contributed by atoms with Gasteiger partial charge < -0.3 is 14.2 Å². The number of rotatable bonds is 7. The molecule has 9 heteroatoms. The lowest BCUT2D eigenvalue weighted by molar-refractivity contribution is -0.134. The summed E-state index contributed by atoms with van der Waals surface area (Å²) in [6.07, 6.45) is 4.50. The fourth-order valence-corrected chi connectivity index (χ4v) is 5.64. The van der Waals surface area contributed by atoms with Crippen LogP contribution in [-0.2, 0) is 32.6 Å². The van der Waals surface area contributed by atoms with E-state index in [2.05, 4.69) is 6.92 Å². The molecular formula is C24H31N3O5S. The van der Waals surface area contributed by atoms with Crippen molar-refractivity contribution in [3.05, 3.63) is 47.9 Å². The predicted molar refractivity (Wildman–Crippen MR) is 124 cm³/mol. The molecule has 2 aliphatic rings. The highest BCUT2D eigenvalue weighted by atomic mass is 32.2. The van der Waals surface area contributed by atoms with Gasteiger partial charge in [0.25, 0.3) is 0 Å². The monoisotopic (exact) mass is 473 g/mol. The van der Waals surface area contributed by atoms with Gasteiger partial charge in [0.1, 0.15) is 5.76 Å². The van der Waals surface area contributed by atoms with Gasteiger partial charge in [-0.1, -0.05) is 6.92 Å². The van der Waals surface area contributed by atoms with E-state index in [1.54, 1.807) is 35.2 Å². The molecule has 0 bridgehead atoms. The molecule has 0 spiro atoms. The number of carbonyl (C=O) groups is 2. The predicted octanol–water partition coefficient (Wildman–Crippen LogP) is 3.03. The van der Waals surface area contributed by atoms with Gasteiger partial charge in [0, 0.05) is 45.2 Å². The zero-order chi connectivity index (χ0) is 23.6. The maximum atomic E-state index is 13.0. The zero-order valence-electron chi connectivity index (χ0n) is 19.2. The molecule has 1 aromatic carbocycles. The largest absolute Gasteiger partial charge is 0.468 e. The van der Waals surface area contributed by atoms with Gasteiger partial charge in [-0.05, 0) is 61.1 Å². The topological polar surface area (TPSA) is 91.1 Å². The van der Waals surface area contributed by atoms with E-state index in [1.807, 2.05) is 4.90 Å². The number of benzene rings is 1. The Bertz CT molecular complexity index is 1110. The number of furan rings is 1. The molecule has 0 saturated carbocycles. The second-order valence-electron chi connectivity index (χ2n) is 8.99. The van der Waals surface area contributed by atoms with Gasteiger partial charge in [0.15, 0.2) is 0 Å². The number of fused-ring (bicyclic) bond motifs is 1. The van der Waals surface area contributed by atoms with Crippen LogP contribution in [0.1, 0.15) is 43.9 Å². The van der Waals surface area contributed by atoms with Gasteiger partial charge in [-0.2, -0.15) is 4.31 Å². The second kappa shape index (κ2) is 9.69. The summed E-state index contributed by atoms with van der Waals surface area (Å²) in [5.74, 6) is 1.15. The summed E-state index contributed by atoms with van der Waals surface area (Å²) in [5, 5.41) is 0. The molecule has 178 valence electrons. The van der Waals surface area contributed by atoms with Gasteiger partial charge in [0.05, 0.1) is 17.7 Å². The van der Waals surface area contributed by atoms with E-state index >= 15 is 0 Å². The van der Waals surface area contributed by atoms with Crippen molar-refractivity contribution in [2.75, 3.05) is 31.6 Å². The Morgan fingerprint density at radius 2 is 1.82 bits per heavy atom. The molecule has 1 saturated heterocycles. The van der Waals surface area contributed by atoms with E-state index < -0.39 is 10.0 Å². The van der Waals surface area contributed by atoms with Gasteiger partial charge in [-0.15, -0.1) is 0 Å². The maximum absolute atomic E-state index is 13.0. The molecule has 2 aromatic rings. The van der Waals surface area contributed by atoms with E-state index in [0.717, 1.165) is 37.2 Å². The first kappa shape index (κ1) is 23.5. The number of amides is 2. The molecular weight excluding hydrogens is 442 g/mol. The first-order chi connectivity index (χ1) is 15.8. The zero-order valence-corrected chi connectivity index (χ0v) is 20.0. The summed E-state index contributed by atoms with van der Waals surface area (Å²) in [6, 6.07) is 8.34. The van der Waals surface area contributed by atoms with Crippen LogP contribution >= 0.6 is 0 Å². The van der Waals surface area contributed by atoms with E-state index in [-0.39, 0.29) is 36.1 Å². The molecule has 0 atom stereocenters. The molecule has 0 radical (unpaired) electrons. The Morgan fingerprint density at radius 3 is 2.52 bits per heavy atom. The molecule has 0 N–H and O–H groups in total. The van der Waals surface area contributed by atoms with Gasteiger partial charge in [-0.3, -0.25) is 9.59 Å². The van der Waals surface area contributed by atoms with Crippen molar-refractivity contribution in [2.45, 2.75) is 50.5 Å². The quantitative estimate of drug-likeness (QED) is 0.617. The minimum absolute atomic E-state index is 0.0377. The second-order valence-corrected chi connectivity index (χ2v) is 11.0. The number of piperidine rings is 1. The lowest BCUT2D eigenvalue weighted by Crippen LogP contribution is -2.38. The Balaban J connectivity index is 1.38. The van der Waals surface area contributed by atoms with Crippen LogP contribution in [0, 0.1) is 5.92 Å². The van der Waals surface area contributed by atoms with Crippen LogP contribution in [0.25, 0.3) is 0 Å². The normalized spacial score (nSPS) is 16.9. The first-order valence-corrected chi connectivity index (χ1v) is 12.9. The summed E-state index contributed by atoms with van der Waals surface area (Å²) >= 11 is 0. The first-order valence-electron chi connectivity index (χ1n) is 11.5. The average molecular weight is 474 g/mol. The van der Waals surface area contributed by atoms with Crippen molar-refractivity contribution in [3.8, 4) is 0 Å². The SMILES string of the molecule is CC1CCN(C(=O)CCC(=O)N2CCc3cc(S(=O)(=O)N(C)Cc4ccco4)ccc32)CC1. The number of likely N-dealkylation sites (tertiary alicyclic amines) is 1. The minimum Gasteiger partial charge on any atom is -0.468 e. The highest BCUT2D eigenvalue weighted by Gasteiger charge is 2.29. The third-order valence-corrected chi connectivity index (χ3v) is 8.40. The molecule has 0 aliphatic carbocycles. The Kier molecular flexibility index (Phi) is 6.90. The highest BCUT2D eigenvalue weighted by Crippen LogP contribution is 2.32. The summed E-state index contributed by atoms with van der Waals surface area (Å²) < 4.78 is 32.5. The maximum Gasteiger partial charge on any atom is 0.243 e. The summed E-state index contributed by atoms with van der Waals surface area (Å²) in [4.78, 5) is 29.0. The van der Waals surface area contributed by atoms with Crippen molar-refractivity contribution >= 4 is 27.5 Å². The van der Waals surface area contributed by atoms with Crippen molar-refractivity contribution in [1.29, 1.82) is 0 Å². The molecule has 2 amide bonds. The van der Waals surface area contributed by atoms with Crippen LogP contribution in [0.3, 0.4) is 0 Å². The standard InChI is InChI=1S/C24H31N3O5S/c1-18-9-12-26(13-10-18)23(28)7-8-24(29)27-14-11-19-16-21(5-6-22(19)27)33(30,31)25(2)17-20-4-3-15-32-20/h3-6,15-16,18H,7-14,17H2,1-2H3. The van der Waals surface area contributed by atoms with Crippen molar-refractivity contribution in [3.63, 3.8) is 0 Å².